The monoisotopic (exact) mass is 241 g/mol. The van der Waals surface area contributed by atoms with Gasteiger partial charge in [-0.25, -0.2) is 14.4 Å². The number of hydrogen-bond donors (Lipinski definition) is 1. The summed E-state index contributed by atoms with van der Waals surface area (Å²) in [5.74, 6) is 0.712. The molecule has 0 saturated carbocycles. The number of likely N-dealkylation sites (tertiary alicyclic amines) is 1. The summed E-state index contributed by atoms with van der Waals surface area (Å²) < 4.78 is 13.8. The number of hydrogen-bond acceptors (Lipinski definition) is 4. The Labute approximate surface area is 102 Å². The Kier molecular flexibility index (Phi) is 5.44. The third-order valence-electron chi connectivity index (χ3n) is 2.97. The Bertz CT molecular complexity index is 331. The van der Waals surface area contributed by atoms with Crippen molar-refractivity contribution in [2.75, 3.05) is 27.2 Å². The van der Waals surface area contributed by atoms with Crippen LogP contribution in [-0.2, 0) is 0 Å². The minimum atomic E-state index is -0.796. The largest absolute Gasteiger partial charge is 0.400 e. The topological polar surface area (TPSA) is 49.3 Å². The number of halogens is 1. The number of aliphatic hydroxyl groups is 1. The predicted molar refractivity (Wildman–Crippen MR) is 64.7 cm³/mol. The molecule has 0 aromatic carbocycles. The van der Waals surface area contributed by atoms with E-state index in [0.29, 0.717) is 6.54 Å². The van der Waals surface area contributed by atoms with Crippen molar-refractivity contribution in [2.24, 2.45) is 0 Å². The van der Waals surface area contributed by atoms with E-state index in [-0.39, 0.29) is 5.92 Å². The fraction of sp³-hybridized carbons (Fsp3) is 0.667. The number of rotatable bonds is 1. The second-order valence-corrected chi connectivity index (χ2v) is 4.24. The van der Waals surface area contributed by atoms with E-state index in [0.717, 1.165) is 31.5 Å². The minimum Gasteiger partial charge on any atom is -0.400 e. The molecule has 0 aliphatic carbocycles. The molecule has 0 spiro atoms. The highest BCUT2D eigenvalue weighted by Gasteiger charge is 2.29. The second-order valence-electron chi connectivity index (χ2n) is 4.24. The van der Waals surface area contributed by atoms with Crippen LogP contribution in [0.2, 0.25) is 0 Å². The molecule has 0 bridgehead atoms. The Morgan fingerprint density at radius 3 is 2.47 bits per heavy atom. The number of aromatic nitrogens is 2. The zero-order valence-corrected chi connectivity index (χ0v) is 10.6. The van der Waals surface area contributed by atoms with Gasteiger partial charge in [-0.1, -0.05) is 0 Å². The van der Waals surface area contributed by atoms with Crippen LogP contribution in [0.25, 0.3) is 0 Å². The Morgan fingerprint density at radius 1 is 1.35 bits per heavy atom. The quantitative estimate of drug-likeness (QED) is 0.801. The molecule has 2 heterocycles. The van der Waals surface area contributed by atoms with Gasteiger partial charge in [0.1, 0.15) is 12.0 Å². The average molecular weight is 241 g/mol. The molecular formula is C12H20FN3O. The van der Waals surface area contributed by atoms with Crippen molar-refractivity contribution < 1.29 is 9.50 Å². The molecule has 0 radical (unpaired) electrons. The van der Waals surface area contributed by atoms with Crippen LogP contribution in [0.4, 0.5) is 4.39 Å². The number of aliphatic hydroxyl groups excluding tert-OH is 1. The summed E-state index contributed by atoms with van der Waals surface area (Å²) in [5.41, 5.74) is 0.932. The van der Waals surface area contributed by atoms with Crippen molar-refractivity contribution in [2.45, 2.75) is 25.4 Å². The van der Waals surface area contributed by atoms with Crippen molar-refractivity contribution in [3.05, 3.63) is 23.8 Å². The molecule has 1 aromatic rings. The van der Waals surface area contributed by atoms with Gasteiger partial charge in [-0.3, -0.25) is 0 Å². The second kappa shape index (κ2) is 6.61. The van der Waals surface area contributed by atoms with Gasteiger partial charge < -0.3 is 10.0 Å². The molecule has 4 nitrogen and oxygen atoms in total. The lowest BCUT2D eigenvalue weighted by molar-refractivity contribution is 0.139. The third-order valence-corrected chi connectivity index (χ3v) is 2.97. The fourth-order valence-electron chi connectivity index (χ4n) is 2.03. The van der Waals surface area contributed by atoms with Crippen LogP contribution in [0.15, 0.2) is 12.4 Å². The molecule has 0 unspecified atom stereocenters. The van der Waals surface area contributed by atoms with E-state index in [1.54, 1.807) is 12.4 Å². The molecule has 2 rings (SSSR count). The first kappa shape index (κ1) is 14.0. The first-order valence-corrected chi connectivity index (χ1v) is 5.72. The van der Waals surface area contributed by atoms with Gasteiger partial charge in [0.15, 0.2) is 0 Å². The van der Waals surface area contributed by atoms with Crippen LogP contribution >= 0.6 is 0 Å². The lowest BCUT2D eigenvalue weighted by atomic mass is 9.90. The first-order chi connectivity index (χ1) is 8.16. The van der Waals surface area contributed by atoms with E-state index >= 15 is 0 Å². The number of piperidine rings is 1. The van der Waals surface area contributed by atoms with Crippen molar-refractivity contribution >= 4 is 0 Å². The maximum atomic E-state index is 13.8. The SMILES string of the molecule is CO.Cc1ncc([C@@H]2CCN(C)C[C@@H]2F)cn1. The highest BCUT2D eigenvalue weighted by molar-refractivity contribution is 5.15. The van der Waals surface area contributed by atoms with Gasteiger partial charge >= 0.3 is 0 Å². The summed E-state index contributed by atoms with van der Waals surface area (Å²) in [7, 11) is 2.95. The highest BCUT2D eigenvalue weighted by atomic mass is 19.1. The molecule has 17 heavy (non-hydrogen) atoms. The number of alkyl halides is 1. The normalized spacial score (nSPS) is 25.0. The molecule has 1 N–H and O–H groups in total. The first-order valence-electron chi connectivity index (χ1n) is 5.72. The predicted octanol–water partition coefficient (Wildman–Crippen LogP) is 1.15. The van der Waals surface area contributed by atoms with Crippen molar-refractivity contribution in [3.8, 4) is 0 Å². The summed E-state index contributed by atoms with van der Waals surface area (Å²) in [6.45, 7) is 3.29. The van der Waals surface area contributed by atoms with Crippen LogP contribution in [-0.4, -0.2) is 53.4 Å². The molecule has 5 heteroatoms. The third kappa shape index (κ3) is 3.71. The summed E-state index contributed by atoms with van der Waals surface area (Å²) >= 11 is 0. The zero-order chi connectivity index (χ0) is 12.8. The van der Waals surface area contributed by atoms with Crippen LogP contribution in [0.3, 0.4) is 0 Å². The summed E-state index contributed by atoms with van der Waals surface area (Å²) in [6.07, 6.45) is 3.56. The standard InChI is InChI=1S/C11H16FN3.CH4O/c1-8-13-5-9(6-14-8)10-3-4-15(2)7-11(10)12;1-2/h5-6,10-11H,3-4,7H2,1-2H3;2H,1H3/t10-,11-;/m0./s1. The van der Waals surface area contributed by atoms with E-state index in [1.165, 1.54) is 0 Å². The molecule has 96 valence electrons. The zero-order valence-electron chi connectivity index (χ0n) is 10.6. The Hall–Kier alpha value is -1.07. The molecule has 1 saturated heterocycles. The molecule has 1 fully saturated rings. The molecule has 2 atom stereocenters. The van der Waals surface area contributed by atoms with Crippen molar-refractivity contribution in [1.29, 1.82) is 0 Å². The van der Waals surface area contributed by atoms with Gasteiger partial charge in [0, 0.05) is 32.0 Å². The van der Waals surface area contributed by atoms with Crippen LogP contribution in [0.1, 0.15) is 23.7 Å². The van der Waals surface area contributed by atoms with E-state index in [4.69, 9.17) is 5.11 Å². The summed E-state index contributed by atoms with van der Waals surface area (Å²) in [4.78, 5) is 10.3. The molecule has 0 amide bonds. The van der Waals surface area contributed by atoms with Gasteiger partial charge in [-0.15, -0.1) is 0 Å². The maximum Gasteiger partial charge on any atom is 0.125 e. The maximum absolute atomic E-state index is 13.8. The van der Waals surface area contributed by atoms with Crippen LogP contribution < -0.4 is 0 Å². The summed E-state index contributed by atoms with van der Waals surface area (Å²) in [5, 5.41) is 7.00. The van der Waals surface area contributed by atoms with E-state index < -0.39 is 6.17 Å². The highest BCUT2D eigenvalue weighted by Crippen LogP contribution is 2.28. The van der Waals surface area contributed by atoms with Gasteiger partial charge in [0.2, 0.25) is 0 Å². The van der Waals surface area contributed by atoms with E-state index in [2.05, 4.69) is 9.97 Å². The van der Waals surface area contributed by atoms with E-state index in [1.807, 2.05) is 18.9 Å². The molecule has 1 aliphatic rings. The Balaban J connectivity index is 0.000000686. The fourth-order valence-corrected chi connectivity index (χ4v) is 2.03. The number of aryl methyl sites for hydroxylation is 1. The molecular weight excluding hydrogens is 221 g/mol. The minimum absolute atomic E-state index is 0.0261. The number of nitrogens with zero attached hydrogens (tertiary/aromatic N) is 3. The average Bonchev–Trinajstić information content (AvgIpc) is 2.33. The molecule has 1 aromatic heterocycles. The summed E-state index contributed by atoms with van der Waals surface area (Å²) in [6, 6.07) is 0. The van der Waals surface area contributed by atoms with Crippen LogP contribution in [0.5, 0.6) is 0 Å². The van der Waals surface area contributed by atoms with Crippen molar-refractivity contribution in [1.82, 2.24) is 14.9 Å². The van der Waals surface area contributed by atoms with Crippen molar-refractivity contribution in [3.63, 3.8) is 0 Å². The Morgan fingerprint density at radius 2 is 1.94 bits per heavy atom. The van der Waals surface area contributed by atoms with Gasteiger partial charge in [-0.2, -0.15) is 0 Å². The van der Waals surface area contributed by atoms with Gasteiger partial charge in [0.25, 0.3) is 0 Å². The van der Waals surface area contributed by atoms with E-state index in [9.17, 15) is 4.39 Å². The lowest BCUT2D eigenvalue weighted by Gasteiger charge is -2.32. The lowest BCUT2D eigenvalue weighted by Crippen LogP contribution is -2.38. The van der Waals surface area contributed by atoms with Crippen LogP contribution in [0, 0.1) is 6.92 Å². The van der Waals surface area contributed by atoms with Gasteiger partial charge in [-0.05, 0) is 32.5 Å². The molecule has 1 aliphatic heterocycles. The smallest absolute Gasteiger partial charge is 0.125 e. The van der Waals surface area contributed by atoms with Gasteiger partial charge in [0.05, 0.1) is 0 Å².